The second-order valence-electron chi connectivity index (χ2n) is 3.64. The average Bonchev–Trinajstić information content (AvgIpc) is 2.10. The number of halogens is 3. The van der Waals surface area contributed by atoms with Crippen molar-refractivity contribution in [3.05, 3.63) is 0 Å². The highest BCUT2D eigenvalue weighted by molar-refractivity contribution is 7.87. The second kappa shape index (κ2) is 5.80. The minimum Gasteiger partial charge on any atom is -0.329 e. The molecule has 0 amide bonds. The van der Waals surface area contributed by atoms with Gasteiger partial charge in [-0.05, 0) is 5.92 Å². The largest absolute Gasteiger partial charge is 0.402 e. The summed E-state index contributed by atoms with van der Waals surface area (Å²) in [6, 6.07) is -0.592. The molecule has 0 radical (unpaired) electrons. The van der Waals surface area contributed by atoms with Crippen LogP contribution in [0.15, 0.2) is 0 Å². The van der Waals surface area contributed by atoms with E-state index in [4.69, 9.17) is 5.73 Å². The molecule has 9 heteroatoms. The molecule has 0 bridgehead atoms. The van der Waals surface area contributed by atoms with Crippen LogP contribution in [0, 0.1) is 5.92 Å². The quantitative estimate of drug-likeness (QED) is 0.628. The first kappa shape index (κ1) is 15.6. The van der Waals surface area contributed by atoms with Crippen molar-refractivity contribution in [1.29, 1.82) is 0 Å². The lowest BCUT2D eigenvalue weighted by atomic mass is 10.1. The van der Waals surface area contributed by atoms with Gasteiger partial charge in [-0.2, -0.15) is 31.0 Å². The van der Waals surface area contributed by atoms with Crippen LogP contribution in [-0.2, 0) is 10.2 Å². The molecule has 0 heterocycles. The Kier molecular flexibility index (Phi) is 5.66. The van der Waals surface area contributed by atoms with E-state index in [1.807, 2.05) is 0 Å². The van der Waals surface area contributed by atoms with Crippen molar-refractivity contribution in [3.8, 4) is 0 Å². The minimum atomic E-state index is -4.58. The van der Waals surface area contributed by atoms with Gasteiger partial charge >= 0.3 is 6.18 Å². The number of alkyl halides is 3. The molecule has 0 fully saturated rings. The zero-order valence-corrected chi connectivity index (χ0v) is 9.82. The maximum atomic E-state index is 11.8. The van der Waals surface area contributed by atoms with Gasteiger partial charge in [-0.3, -0.25) is 0 Å². The summed E-state index contributed by atoms with van der Waals surface area (Å²) in [5, 5.41) is 0. The molecule has 0 aromatic carbocycles. The molecular weight excluding hydrogens is 247 g/mol. The lowest BCUT2D eigenvalue weighted by Gasteiger charge is -2.20. The predicted molar refractivity (Wildman–Crippen MR) is 53.8 cm³/mol. The molecule has 0 rings (SSSR count). The Labute approximate surface area is 92.8 Å². The first-order valence-electron chi connectivity index (χ1n) is 4.61. The normalized spacial score (nSPS) is 15.4. The molecule has 1 unspecified atom stereocenters. The van der Waals surface area contributed by atoms with Gasteiger partial charge in [0.2, 0.25) is 0 Å². The Bertz CT molecular complexity index is 302. The fourth-order valence-corrected chi connectivity index (χ4v) is 2.08. The van der Waals surface area contributed by atoms with Crippen LogP contribution in [0.2, 0.25) is 0 Å². The van der Waals surface area contributed by atoms with E-state index in [9.17, 15) is 21.6 Å². The van der Waals surface area contributed by atoms with Gasteiger partial charge in [0.05, 0.1) is 0 Å². The maximum absolute atomic E-state index is 11.8. The van der Waals surface area contributed by atoms with Crippen LogP contribution >= 0.6 is 0 Å². The van der Waals surface area contributed by atoms with E-state index in [0.29, 0.717) is 0 Å². The van der Waals surface area contributed by atoms with Crippen LogP contribution in [0.1, 0.15) is 13.8 Å². The first-order chi connectivity index (χ1) is 7.07. The van der Waals surface area contributed by atoms with E-state index in [2.05, 4.69) is 4.72 Å². The molecule has 98 valence electrons. The molecular formula is C7H16F3N3O2S. The van der Waals surface area contributed by atoms with Crippen LogP contribution < -0.4 is 15.2 Å². The summed E-state index contributed by atoms with van der Waals surface area (Å²) >= 11 is 0. The van der Waals surface area contributed by atoms with Gasteiger partial charge in [0.1, 0.15) is 6.54 Å². The number of nitrogens with two attached hydrogens (primary N) is 1. The molecule has 1 atom stereocenters. The summed E-state index contributed by atoms with van der Waals surface area (Å²) in [7, 11) is -4.17. The topological polar surface area (TPSA) is 84.2 Å². The van der Waals surface area contributed by atoms with Crippen molar-refractivity contribution in [2.45, 2.75) is 26.1 Å². The van der Waals surface area contributed by atoms with Crippen molar-refractivity contribution >= 4 is 10.2 Å². The minimum absolute atomic E-state index is 0.0184. The molecule has 4 N–H and O–H groups in total. The number of rotatable bonds is 6. The highest BCUT2D eigenvalue weighted by Crippen LogP contribution is 2.12. The smallest absolute Gasteiger partial charge is 0.329 e. The summed E-state index contributed by atoms with van der Waals surface area (Å²) in [6.07, 6.45) is -4.58. The van der Waals surface area contributed by atoms with Crippen LogP contribution in [0.3, 0.4) is 0 Å². The second-order valence-corrected chi connectivity index (χ2v) is 5.18. The van der Waals surface area contributed by atoms with Crippen LogP contribution in [0.4, 0.5) is 13.2 Å². The number of hydrogen-bond donors (Lipinski definition) is 3. The molecule has 5 nitrogen and oxygen atoms in total. The molecule has 0 aromatic heterocycles. The van der Waals surface area contributed by atoms with E-state index in [0.717, 1.165) is 0 Å². The van der Waals surface area contributed by atoms with Gasteiger partial charge in [-0.1, -0.05) is 13.8 Å². The Morgan fingerprint density at radius 3 is 2.12 bits per heavy atom. The summed E-state index contributed by atoms with van der Waals surface area (Å²) in [4.78, 5) is 0. The lowest BCUT2D eigenvalue weighted by Crippen LogP contribution is -2.50. The van der Waals surface area contributed by atoms with E-state index in [-0.39, 0.29) is 12.5 Å². The molecule has 0 saturated heterocycles. The summed E-state index contributed by atoms with van der Waals surface area (Å²) in [5.74, 6) is -0.104. The van der Waals surface area contributed by atoms with E-state index < -0.39 is 29.0 Å². The fraction of sp³-hybridized carbons (Fsp3) is 1.00. The van der Waals surface area contributed by atoms with Gasteiger partial charge in [-0.25, -0.2) is 0 Å². The van der Waals surface area contributed by atoms with Gasteiger partial charge < -0.3 is 5.73 Å². The Morgan fingerprint density at radius 1 is 1.31 bits per heavy atom. The third-order valence-electron chi connectivity index (χ3n) is 1.83. The van der Waals surface area contributed by atoms with Gasteiger partial charge in [0.25, 0.3) is 10.2 Å². The van der Waals surface area contributed by atoms with Crippen molar-refractivity contribution in [3.63, 3.8) is 0 Å². The number of hydrogen-bond acceptors (Lipinski definition) is 3. The molecule has 16 heavy (non-hydrogen) atoms. The fourth-order valence-electron chi connectivity index (χ4n) is 0.874. The first-order valence-corrected chi connectivity index (χ1v) is 6.09. The number of nitrogens with one attached hydrogen (secondary N) is 2. The third kappa shape index (κ3) is 6.99. The highest BCUT2D eigenvalue weighted by Gasteiger charge is 2.30. The third-order valence-corrected chi connectivity index (χ3v) is 2.97. The standard InChI is InChI=1S/C7H16F3N3O2S/c1-5(2)6(3-11)13-16(14,15)12-4-7(8,9)10/h5-6,12-13H,3-4,11H2,1-2H3. The Balaban J connectivity index is 4.35. The van der Waals surface area contributed by atoms with Crippen molar-refractivity contribution in [2.24, 2.45) is 11.7 Å². The van der Waals surface area contributed by atoms with Crippen molar-refractivity contribution in [2.75, 3.05) is 13.1 Å². The molecule has 0 aliphatic heterocycles. The van der Waals surface area contributed by atoms with Crippen LogP contribution in [-0.4, -0.2) is 33.7 Å². The molecule has 0 spiro atoms. The van der Waals surface area contributed by atoms with Crippen LogP contribution in [0.5, 0.6) is 0 Å². The van der Waals surface area contributed by atoms with Gasteiger partial charge in [0, 0.05) is 12.6 Å². The highest BCUT2D eigenvalue weighted by atomic mass is 32.2. The zero-order chi connectivity index (χ0) is 13.0. The van der Waals surface area contributed by atoms with E-state index >= 15 is 0 Å². The SMILES string of the molecule is CC(C)C(CN)NS(=O)(=O)NCC(F)(F)F. The molecule has 0 aliphatic carbocycles. The predicted octanol–water partition coefficient (Wildman–Crippen LogP) is -0.0440. The molecule has 0 aromatic rings. The summed E-state index contributed by atoms with van der Waals surface area (Å²) < 4.78 is 61.2. The van der Waals surface area contributed by atoms with Gasteiger partial charge in [-0.15, -0.1) is 0 Å². The summed E-state index contributed by atoms with van der Waals surface area (Å²) in [5.41, 5.74) is 5.29. The average molecular weight is 263 g/mol. The molecule has 0 saturated carbocycles. The van der Waals surface area contributed by atoms with Gasteiger partial charge in [0.15, 0.2) is 0 Å². The lowest BCUT2D eigenvalue weighted by molar-refractivity contribution is -0.121. The Hall–Kier alpha value is -0.380. The molecule has 0 aliphatic rings. The van der Waals surface area contributed by atoms with Crippen molar-refractivity contribution in [1.82, 2.24) is 9.44 Å². The van der Waals surface area contributed by atoms with E-state index in [1.54, 1.807) is 13.8 Å². The summed E-state index contributed by atoms with van der Waals surface area (Å²) in [6.45, 7) is 1.84. The van der Waals surface area contributed by atoms with E-state index in [1.165, 1.54) is 4.72 Å². The zero-order valence-electron chi connectivity index (χ0n) is 9.00. The monoisotopic (exact) mass is 263 g/mol. The maximum Gasteiger partial charge on any atom is 0.402 e. The Morgan fingerprint density at radius 2 is 1.81 bits per heavy atom. The van der Waals surface area contributed by atoms with Crippen molar-refractivity contribution < 1.29 is 21.6 Å². The van der Waals surface area contributed by atoms with Crippen LogP contribution in [0.25, 0.3) is 0 Å².